The summed E-state index contributed by atoms with van der Waals surface area (Å²) in [5.74, 6) is -2.21. The van der Waals surface area contributed by atoms with Gasteiger partial charge < -0.3 is 10.2 Å². The Kier molecular flexibility index (Phi) is 6.25. The van der Waals surface area contributed by atoms with Crippen LogP contribution in [0.3, 0.4) is 0 Å². The standard InChI is InChI=1S/C25H31NO5/c1-16(17-9-7-6-8-10-17)31-26-24(2,3)14-19(15-25(26,4)5)21-13-18(22(27)28)11-12-20(21)23(29)30/h6-13,16,19H,14-15H2,1-5H3,(H,27,28)(H,29,30). The minimum Gasteiger partial charge on any atom is -0.478 e. The number of carbonyl (C=O) groups is 2. The molecule has 6 nitrogen and oxygen atoms in total. The minimum atomic E-state index is -1.06. The molecule has 3 rings (SSSR count). The van der Waals surface area contributed by atoms with Crippen molar-refractivity contribution in [2.75, 3.05) is 0 Å². The van der Waals surface area contributed by atoms with Gasteiger partial charge in [0, 0.05) is 11.1 Å². The van der Waals surface area contributed by atoms with E-state index in [9.17, 15) is 19.8 Å². The van der Waals surface area contributed by atoms with Crippen LogP contribution in [0.1, 0.15) is 91.3 Å². The molecule has 2 N–H and O–H groups in total. The van der Waals surface area contributed by atoms with Crippen molar-refractivity contribution in [2.24, 2.45) is 0 Å². The number of carboxylic acid groups (broad SMARTS) is 2. The zero-order valence-corrected chi connectivity index (χ0v) is 18.8. The maximum atomic E-state index is 11.9. The van der Waals surface area contributed by atoms with Crippen LogP contribution in [0.4, 0.5) is 0 Å². The molecule has 0 spiro atoms. The summed E-state index contributed by atoms with van der Waals surface area (Å²) in [6.45, 7) is 10.4. The molecule has 1 unspecified atom stereocenters. The van der Waals surface area contributed by atoms with Gasteiger partial charge in [0.25, 0.3) is 0 Å². The Morgan fingerprint density at radius 1 is 0.968 bits per heavy atom. The van der Waals surface area contributed by atoms with Gasteiger partial charge in [0.1, 0.15) is 6.10 Å². The molecule has 166 valence electrons. The van der Waals surface area contributed by atoms with Gasteiger partial charge in [-0.25, -0.2) is 9.59 Å². The summed E-state index contributed by atoms with van der Waals surface area (Å²) in [7, 11) is 0. The second-order valence-electron chi connectivity index (χ2n) is 9.60. The molecule has 0 aromatic heterocycles. The highest BCUT2D eigenvalue weighted by Crippen LogP contribution is 2.47. The molecule has 0 aliphatic carbocycles. The molecule has 0 bridgehead atoms. The molecule has 31 heavy (non-hydrogen) atoms. The SMILES string of the molecule is CC(ON1C(C)(C)CC(c2cc(C(=O)O)ccc2C(=O)O)CC1(C)C)c1ccccc1. The van der Waals surface area contributed by atoms with E-state index in [4.69, 9.17) is 4.84 Å². The number of piperidine rings is 1. The number of rotatable bonds is 6. The largest absolute Gasteiger partial charge is 0.478 e. The first kappa shape index (κ1) is 23.0. The predicted octanol–water partition coefficient (Wildman–Crippen LogP) is 5.51. The molecule has 6 heteroatoms. The summed E-state index contributed by atoms with van der Waals surface area (Å²) in [4.78, 5) is 29.8. The van der Waals surface area contributed by atoms with E-state index in [1.54, 1.807) is 0 Å². The zero-order valence-electron chi connectivity index (χ0n) is 18.8. The van der Waals surface area contributed by atoms with Crippen molar-refractivity contribution in [2.45, 2.75) is 70.6 Å². The number of hydrogen-bond donors (Lipinski definition) is 2. The number of nitrogens with zero attached hydrogens (tertiary/aromatic N) is 1. The first-order valence-electron chi connectivity index (χ1n) is 10.5. The molecule has 0 amide bonds. The van der Waals surface area contributed by atoms with Gasteiger partial charge in [0.2, 0.25) is 0 Å². The van der Waals surface area contributed by atoms with Gasteiger partial charge in [-0.3, -0.25) is 4.84 Å². The molecular weight excluding hydrogens is 394 g/mol. The lowest BCUT2D eigenvalue weighted by Gasteiger charge is -2.54. The average molecular weight is 426 g/mol. The van der Waals surface area contributed by atoms with E-state index in [2.05, 4.69) is 27.7 Å². The zero-order chi connectivity index (χ0) is 23.0. The Balaban J connectivity index is 1.93. The Morgan fingerprint density at radius 3 is 2.06 bits per heavy atom. The van der Waals surface area contributed by atoms with Gasteiger partial charge in [-0.2, -0.15) is 5.06 Å². The summed E-state index contributed by atoms with van der Waals surface area (Å²) in [6.07, 6.45) is 1.14. The van der Waals surface area contributed by atoms with Gasteiger partial charge >= 0.3 is 11.9 Å². The molecule has 0 radical (unpaired) electrons. The number of carboxylic acids is 2. The summed E-state index contributed by atoms with van der Waals surface area (Å²) in [6, 6.07) is 14.3. The van der Waals surface area contributed by atoms with Crippen LogP contribution in [0.15, 0.2) is 48.5 Å². The Labute approximate surface area is 183 Å². The van der Waals surface area contributed by atoms with Gasteiger partial charge in [0.05, 0.1) is 11.1 Å². The molecule has 1 fully saturated rings. The quantitative estimate of drug-likeness (QED) is 0.634. The fourth-order valence-corrected chi connectivity index (χ4v) is 4.94. The molecule has 2 aromatic carbocycles. The van der Waals surface area contributed by atoms with Crippen LogP contribution in [0, 0.1) is 0 Å². The molecule has 0 saturated carbocycles. The highest BCUT2D eigenvalue weighted by molar-refractivity contribution is 5.93. The third-order valence-electron chi connectivity index (χ3n) is 6.09. The van der Waals surface area contributed by atoms with E-state index >= 15 is 0 Å². The van der Waals surface area contributed by atoms with Crippen LogP contribution in [0.2, 0.25) is 0 Å². The third kappa shape index (κ3) is 4.81. The number of hydroxylamine groups is 2. The smallest absolute Gasteiger partial charge is 0.335 e. The average Bonchev–Trinajstić information content (AvgIpc) is 2.70. The number of benzene rings is 2. The van der Waals surface area contributed by atoms with E-state index in [0.29, 0.717) is 18.4 Å². The monoisotopic (exact) mass is 425 g/mol. The van der Waals surface area contributed by atoms with Gasteiger partial charge in [0.15, 0.2) is 0 Å². The predicted molar refractivity (Wildman–Crippen MR) is 118 cm³/mol. The minimum absolute atomic E-state index is 0.104. The fraction of sp³-hybridized carbons (Fsp3) is 0.440. The first-order valence-corrected chi connectivity index (χ1v) is 10.5. The second kappa shape index (κ2) is 8.44. The molecule has 1 saturated heterocycles. The number of aromatic carboxylic acids is 2. The molecule has 1 heterocycles. The third-order valence-corrected chi connectivity index (χ3v) is 6.09. The highest BCUT2D eigenvalue weighted by Gasteiger charge is 2.48. The van der Waals surface area contributed by atoms with E-state index in [-0.39, 0.29) is 23.1 Å². The van der Waals surface area contributed by atoms with E-state index in [1.807, 2.05) is 42.3 Å². The topological polar surface area (TPSA) is 87.1 Å². The van der Waals surface area contributed by atoms with Gasteiger partial charge in [-0.15, -0.1) is 0 Å². The molecular formula is C25H31NO5. The normalized spacial score (nSPS) is 19.6. The highest BCUT2D eigenvalue weighted by atomic mass is 16.7. The summed E-state index contributed by atoms with van der Waals surface area (Å²) >= 11 is 0. The fourth-order valence-electron chi connectivity index (χ4n) is 4.94. The van der Waals surface area contributed by atoms with E-state index < -0.39 is 23.0 Å². The maximum absolute atomic E-state index is 11.9. The van der Waals surface area contributed by atoms with E-state index in [1.165, 1.54) is 18.2 Å². The lowest BCUT2D eigenvalue weighted by atomic mass is 9.71. The van der Waals surface area contributed by atoms with Crippen LogP contribution in [0.25, 0.3) is 0 Å². The Bertz CT molecular complexity index is 949. The lowest BCUT2D eigenvalue weighted by molar-refractivity contribution is -0.306. The van der Waals surface area contributed by atoms with Crippen molar-refractivity contribution in [3.63, 3.8) is 0 Å². The maximum Gasteiger partial charge on any atom is 0.335 e. The van der Waals surface area contributed by atoms with Crippen LogP contribution in [-0.2, 0) is 4.84 Å². The summed E-state index contributed by atoms with van der Waals surface area (Å²) in [5.41, 5.74) is 1.12. The molecule has 1 aliphatic heterocycles. The molecule has 1 atom stereocenters. The van der Waals surface area contributed by atoms with Crippen molar-refractivity contribution in [3.05, 3.63) is 70.8 Å². The first-order chi connectivity index (χ1) is 14.4. The molecule has 1 aliphatic rings. The van der Waals surface area contributed by atoms with Crippen molar-refractivity contribution < 1.29 is 24.6 Å². The van der Waals surface area contributed by atoms with Gasteiger partial charge in [-0.05, 0) is 82.7 Å². The van der Waals surface area contributed by atoms with Crippen molar-refractivity contribution in [1.29, 1.82) is 0 Å². The Hall–Kier alpha value is -2.70. The molecule has 2 aromatic rings. The van der Waals surface area contributed by atoms with Crippen LogP contribution < -0.4 is 0 Å². The van der Waals surface area contributed by atoms with Crippen molar-refractivity contribution in [1.82, 2.24) is 5.06 Å². The summed E-state index contributed by atoms with van der Waals surface area (Å²) in [5, 5.41) is 21.2. The lowest BCUT2D eigenvalue weighted by Crippen LogP contribution is -2.60. The van der Waals surface area contributed by atoms with Gasteiger partial charge in [-0.1, -0.05) is 30.3 Å². The van der Waals surface area contributed by atoms with Crippen LogP contribution in [0.5, 0.6) is 0 Å². The van der Waals surface area contributed by atoms with Crippen molar-refractivity contribution in [3.8, 4) is 0 Å². The second-order valence-corrected chi connectivity index (χ2v) is 9.60. The van der Waals surface area contributed by atoms with Crippen molar-refractivity contribution >= 4 is 11.9 Å². The van der Waals surface area contributed by atoms with Crippen LogP contribution in [-0.4, -0.2) is 38.3 Å². The summed E-state index contributed by atoms with van der Waals surface area (Å²) < 4.78 is 0. The van der Waals surface area contributed by atoms with Crippen LogP contribution >= 0.6 is 0 Å². The number of hydrogen-bond acceptors (Lipinski definition) is 4. The van der Waals surface area contributed by atoms with E-state index in [0.717, 1.165) is 5.56 Å². The Morgan fingerprint density at radius 2 is 1.55 bits per heavy atom.